The van der Waals surface area contributed by atoms with Crippen molar-refractivity contribution in [3.8, 4) is 0 Å². The van der Waals surface area contributed by atoms with Gasteiger partial charge in [-0.05, 0) is 25.9 Å². The van der Waals surface area contributed by atoms with Gasteiger partial charge in [-0.3, -0.25) is 0 Å². The molecule has 0 spiro atoms. The van der Waals surface area contributed by atoms with E-state index in [9.17, 15) is 0 Å². The second kappa shape index (κ2) is 4.94. The van der Waals surface area contributed by atoms with Crippen molar-refractivity contribution in [2.75, 3.05) is 13.1 Å². The van der Waals surface area contributed by atoms with Crippen LogP contribution < -0.4 is 0 Å². The molecular weight excluding hydrogens is 150 g/mol. The Balaban J connectivity index is 3.88. The Bertz CT molecular complexity index is 90.2. The quantitative estimate of drug-likeness (QED) is 0.578. The monoisotopic (exact) mass is 173 g/mol. The molecule has 0 heterocycles. The molecule has 0 fully saturated rings. The molecule has 0 N–H and O–H groups in total. The average Bonchev–Trinajstić information content (AvgIpc) is 1.85. The molecule has 11 heavy (non-hydrogen) atoms. The van der Waals surface area contributed by atoms with Crippen LogP contribution in [0.2, 0.25) is 19.6 Å². The van der Waals surface area contributed by atoms with Crippen LogP contribution in [0.4, 0.5) is 0 Å². The molecule has 0 unspecified atom stereocenters. The molecule has 0 amide bonds. The highest BCUT2D eigenvalue weighted by Crippen LogP contribution is 2.09. The van der Waals surface area contributed by atoms with Gasteiger partial charge in [0.15, 0.2) is 0 Å². The summed E-state index contributed by atoms with van der Waals surface area (Å²) in [5, 5.41) is 0. The summed E-state index contributed by atoms with van der Waals surface area (Å²) in [4.78, 5) is 0. The normalized spacial score (nSPS) is 12.5. The maximum absolute atomic E-state index is 2.69. The zero-order valence-corrected chi connectivity index (χ0v) is 9.78. The fourth-order valence-corrected chi connectivity index (χ4v) is 3.11. The molecule has 0 aliphatic carbocycles. The van der Waals surface area contributed by atoms with E-state index < -0.39 is 8.24 Å². The molecular formula is C9H23NSi. The van der Waals surface area contributed by atoms with Crippen LogP contribution in [-0.2, 0) is 0 Å². The molecule has 0 aromatic rings. The van der Waals surface area contributed by atoms with Crippen LogP contribution in [0, 0.1) is 0 Å². The van der Waals surface area contributed by atoms with Crippen LogP contribution in [0.1, 0.15) is 26.7 Å². The minimum absolute atomic E-state index is 0.995. The van der Waals surface area contributed by atoms with Gasteiger partial charge < -0.3 is 4.57 Å². The first-order valence-electron chi connectivity index (χ1n) is 4.77. The van der Waals surface area contributed by atoms with Gasteiger partial charge in [0.1, 0.15) is 8.24 Å². The van der Waals surface area contributed by atoms with E-state index in [-0.39, 0.29) is 0 Å². The van der Waals surface area contributed by atoms with Gasteiger partial charge in [0.05, 0.1) is 0 Å². The zero-order valence-electron chi connectivity index (χ0n) is 8.78. The van der Waals surface area contributed by atoms with Gasteiger partial charge in [-0.25, -0.2) is 0 Å². The largest absolute Gasteiger partial charge is 0.324 e. The van der Waals surface area contributed by atoms with Crippen LogP contribution in [-0.4, -0.2) is 25.9 Å². The second-order valence-corrected chi connectivity index (χ2v) is 9.13. The minimum Gasteiger partial charge on any atom is -0.324 e. The molecule has 0 aromatic carbocycles. The Kier molecular flexibility index (Phi) is 5.02. The highest BCUT2D eigenvalue weighted by atomic mass is 28.3. The summed E-state index contributed by atoms with van der Waals surface area (Å²) in [7, 11) is -0.995. The minimum atomic E-state index is -0.995. The van der Waals surface area contributed by atoms with E-state index in [0.29, 0.717) is 0 Å². The van der Waals surface area contributed by atoms with Gasteiger partial charge >= 0.3 is 0 Å². The molecule has 0 aliphatic heterocycles. The highest BCUT2D eigenvalue weighted by molar-refractivity contribution is 6.73. The SMILES string of the molecule is CCCN(CCC)[Si](C)(C)C. The van der Waals surface area contributed by atoms with E-state index in [1.54, 1.807) is 0 Å². The van der Waals surface area contributed by atoms with Crippen LogP contribution in [0.25, 0.3) is 0 Å². The lowest BCUT2D eigenvalue weighted by molar-refractivity contribution is 0.421. The van der Waals surface area contributed by atoms with Crippen LogP contribution in [0.5, 0.6) is 0 Å². The molecule has 2 heteroatoms. The summed E-state index contributed by atoms with van der Waals surface area (Å²) in [6, 6.07) is 0. The molecule has 0 atom stereocenters. The van der Waals surface area contributed by atoms with Gasteiger partial charge in [0.2, 0.25) is 0 Å². The van der Waals surface area contributed by atoms with Crippen molar-refractivity contribution in [3.05, 3.63) is 0 Å². The van der Waals surface area contributed by atoms with Gasteiger partial charge in [0, 0.05) is 0 Å². The maximum atomic E-state index is 2.69. The van der Waals surface area contributed by atoms with E-state index in [4.69, 9.17) is 0 Å². The Morgan fingerprint density at radius 2 is 1.27 bits per heavy atom. The third-order valence-corrected chi connectivity index (χ3v) is 4.28. The molecule has 0 aromatic heterocycles. The Morgan fingerprint density at radius 3 is 1.45 bits per heavy atom. The Hall–Kier alpha value is 0.177. The molecule has 0 bridgehead atoms. The van der Waals surface area contributed by atoms with Crippen molar-refractivity contribution in [1.29, 1.82) is 0 Å². The first-order valence-corrected chi connectivity index (χ1v) is 8.22. The van der Waals surface area contributed by atoms with Crippen molar-refractivity contribution < 1.29 is 0 Å². The topological polar surface area (TPSA) is 3.24 Å². The molecule has 0 radical (unpaired) electrons. The van der Waals surface area contributed by atoms with E-state index >= 15 is 0 Å². The molecule has 68 valence electrons. The zero-order chi connectivity index (χ0) is 8.91. The number of hydrogen-bond donors (Lipinski definition) is 0. The predicted octanol–water partition coefficient (Wildman–Crippen LogP) is 2.94. The molecule has 0 aliphatic rings. The third-order valence-electron chi connectivity index (χ3n) is 1.94. The lowest BCUT2D eigenvalue weighted by atomic mass is 10.4. The van der Waals surface area contributed by atoms with Crippen LogP contribution in [0.15, 0.2) is 0 Å². The molecule has 0 saturated carbocycles. The number of nitrogens with zero attached hydrogens (tertiary/aromatic N) is 1. The van der Waals surface area contributed by atoms with Crippen molar-refractivity contribution in [2.24, 2.45) is 0 Å². The lowest BCUT2D eigenvalue weighted by Gasteiger charge is -2.33. The third kappa shape index (κ3) is 4.59. The Labute approximate surface area is 72.9 Å². The summed E-state index contributed by atoms with van der Waals surface area (Å²) in [5.41, 5.74) is 0. The number of rotatable bonds is 5. The summed E-state index contributed by atoms with van der Waals surface area (Å²) in [5.74, 6) is 0. The van der Waals surface area contributed by atoms with Crippen molar-refractivity contribution in [1.82, 2.24) is 4.57 Å². The smallest absolute Gasteiger partial charge is 0.119 e. The lowest BCUT2D eigenvalue weighted by Crippen LogP contribution is -2.46. The number of hydrogen-bond acceptors (Lipinski definition) is 1. The van der Waals surface area contributed by atoms with E-state index in [1.807, 2.05) is 0 Å². The fraction of sp³-hybridized carbons (Fsp3) is 1.00. The molecule has 0 saturated heterocycles. The Morgan fingerprint density at radius 1 is 0.909 bits per heavy atom. The molecule has 1 nitrogen and oxygen atoms in total. The standard InChI is InChI=1S/C9H23NSi/c1-6-8-10(9-7-2)11(3,4)5/h6-9H2,1-5H3. The van der Waals surface area contributed by atoms with Crippen molar-refractivity contribution in [3.63, 3.8) is 0 Å². The van der Waals surface area contributed by atoms with Gasteiger partial charge in [-0.15, -0.1) is 0 Å². The van der Waals surface area contributed by atoms with Gasteiger partial charge in [0.25, 0.3) is 0 Å². The maximum Gasteiger partial charge on any atom is 0.119 e. The van der Waals surface area contributed by atoms with E-state index in [2.05, 4.69) is 38.1 Å². The first-order chi connectivity index (χ1) is 5.02. The van der Waals surface area contributed by atoms with Crippen LogP contribution in [0.3, 0.4) is 0 Å². The van der Waals surface area contributed by atoms with Crippen molar-refractivity contribution in [2.45, 2.75) is 46.3 Å². The van der Waals surface area contributed by atoms with E-state index in [0.717, 1.165) is 0 Å². The van der Waals surface area contributed by atoms with Gasteiger partial charge in [-0.2, -0.15) is 0 Å². The predicted molar refractivity (Wildman–Crippen MR) is 55.5 cm³/mol. The molecule has 0 rings (SSSR count). The summed E-state index contributed by atoms with van der Waals surface area (Å²) < 4.78 is 2.69. The summed E-state index contributed by atoms with van der Waals surface area (Å²) >= 11 is 0. The second-order valence-electron chi connectivity index (χ2n) is 4.16. The highest BCUT2D eigenvalue weighted by Gasteiger charge is 2.21. The fourth-order valence-electron chi connectivity index (χ4n) is 1.32. The van der Waals surface area contributed by atoms with Gasteiger partial charge in [-0.1, -0.05) is 33.5 Å². The van der Waals surface area contributed by atoms with Crippen LogP contribution >= 0.6 is 0 Å². The van der Waals surface area contributed by atoms with Crippen molar-refractivity contribution >= 4 is 8.24 Å². The average molecular weight is 173 g/mol. The van der Waals surface area contributed by atoms with E-state index in [1.165, 1.54) is 25.9 Å². The summed E-state index contributed by atoms with van der Waals surface area (Å²) in [6.45, 7) is 14.4. The first kappa shape index (κ1) is 11.2. The summed E-state index contributed by atoms with van der Waals surface area (Å²) in [6.07, 6.45) is 2.59.